The van der Waals surface area contributed by atoms with Crippen molar-refractivity contribution in [1.82, 2.24) is 10.2 Å². The van der Waals surface area contributed by atoms with E-state index in [-0.39, 0.29) is 11.8 Å². The summed E-state index contributed by atoms with van der Waals surface area (Å²) in [7, 11) is 0. The lowest BCUT2D eigenvalue weighted by atomic mass is 9.96. The minimum atomic E-state index is -0.670. The van der Waals surface area contributed by atoms with Crippen molar-refractivity contribution >= 4 is 34.4 Å². The van der Waals surface area contributed by atoms with Crippen molar-refractivity contribution in [2.45, 2.75) is 26.7 Å². The Kier molecular flexibility index (Phi) is 6.25. The van der Waals surface area contributed by atoms with Crippen LogP contribution in [-0.4, -0.2) is 42.3 Å². The van der Waals surface area contributed by atoms with Gasteiger partial charge in [0, 0.05) is 30.7 Å². The number of carbonyl (C=O) groups excluding carboxylic acids is 3. The second-order valence-corrected chi connectivity index (χ2v) is 8.37. The molecule has 1 saturated heterocycles. The van der Waals surface area contributed by atoms with E-state index < -0.39 is 11.8 Å². The van der Waals surface area contributed by atoms with Crippen LogP contribution in [0.2, 0.25) is 0 Å². The van der Waals surface area contributed by atoms with Gasteiger partial charge in [-0.25, -0.2) is 0 Å². The summed E-state index contributed by atoms with van der Waals surface area (Å²) < 4.78 is 5.69. The number of benzene rings is 2. The molecular formula is C25H27N3O4. The zero-order valence-electron chi connectivity index (χ0n) is 18.3. The van der Waals surface area contributed by atoms with Crippen LogP contribution in [-0.2, 0) is 9.59 Å². The Morgan fingerprint density at radius 1 is 1.00 bits per heavy atom. The first kappa shape index (κ1) is 21.6. The van der Waals surface area contributed by atoms with Crippen LogP contribution >= 0.6 is 0 Å². The monoisotopic (exact) mass is 433 g/mol. The quantitative estimate of drug-likeness (QED) is 0.615. The number of para-hydroxylation sites is 1. The summed E-state index contributed by atoms with van der Waals surface area (Å²) in [6.45, 7) is 5.40. The molecule has 0 aliphatic carbocycles. The summed E-state index contributed by atoms with van der Waals surface area (Å²) >= 11 is 0. The number of hydrogen-bond donors (Lipinski definition) is 2. The average Bonchev–Trinajstić information content (AvgIpc) is 3.24. The zero-order chi connectivity index (χ0) is 22.7. The van der Waals surface area contributed by atoms with Crippen LogP contribution in [0.25, 0.3) is 11.0 Å². The van der Waals surface area contributed by atoms with Gasteiger partial charge in [0.15, 0.2) is 5.76 Å². The highest BCUT2D eigenvalue weighted by atomic mass is 16.3. The fraction of sp³-hybridized carbons (Fsp3) is 0.320. The Hall–Kier alpha value is -3.61. The SMILES string of the molecule is Cc1ccc(C)c(NC(=O)C(=O)NCC2CCN(C(=O)c3cc4ccccc4o3)CC2)c1. The molecule has 2 heterocycles. The molecule has 0 spiro atoms. The van der Waals surface area contributed by atoms with Crippen molar-refractivity contribution < 1.29 is 18.8 Å². The molecule has 2 N–H and O–H groups in total. The molecular weight excluding hydrogens is 406 g/mol. The molecule has 7 heteroatoms. The van der Waals surface area contributed by atoms with Gasteiger partial charge in [-0.15, -0.1) is 0 Å². The number of nitrogens with one attached hydrogen (secondary N) is 2. The number of anilines is 1. The van der Waals surface area contributed by atoms with Crippen LogP contribution in [0.1, 0.15) is 34.5 Å². The molecule has 1 fully saturated rings. The maximum absolute atomic E-state index is 12.8. The summed E-state index contributed by atoms with van der Waals surface area (Å²) in [6.07, 6.45) is 1.51. The molecule has 166 valence electrons. The summed E-state index contributed by atoms with van der Waals surface area (Å²) in [6, 6.07) is 15.0. The first-order chi connectivity index (χ1) is 15.4. The van der Waals surface area contributed by atoms with Gasteiger partial charge in [0.25, 0.3) is 5.91 Å². The number of rotatable bonds is 4. The molecule has 0 radical (unpaired) electrons. The molecule has 2 aromatic carbocycles. The van der Waals surface area contributed by atoms with Gasteiger partial charge in [-0.1, -0.05) is 30.3 Å². The van der Waals surface area contributed by atoms with Crippen LogP contribution in [0.15, 0.2) is 52.9 Å². The average molecular weight is 434 g/mol. The van der Waals surface area contributed by atoms with Crippen molar-refractivity contribution in [1.29, 1.82) is 0 Å². The molecule has 32 heavy (non-hydrogen) atoms. The predicted octanol–water partition coefficient (Wildman–Crippen LogP) is 3.66. The Balaban J connectivity index is 1.25. The van der Waals surface area contributed by atoms with Gasteiger partial charge in [-0.05, 0) is 61.9 Å². The Labute approximate surface area is 186 Å². The second-order valence-electron chi connectivity index (χ2n) is 8.37. The summed E-state index contributed by atoms with van der Waals surface area (Å²) in [4.78, 5) is 39.0. The minimum Gasteiger partial charge on any atom is -0.451 e. The van der Waals surface area contributed by atoms with E-state index in [0.29, 0.717) is 36.7 Å². The zero-order valence-corrected chi connectivity index (χ0v) is 18.3. The lowest BCUT2D eigenvalue weighted by Gasteiger charge is -2.31. The number of furan rings is 1. The highest BCUT2D eigenvalue weighted by Crippen LogP contribution is 2.23. The maximum Gasteiger partial charge on any atom is 0.313 e. The van der Waals surface area contributed by atoms with Crippen molar-refractivity contribution in [3.63, 3.8) is 0 Å². The Bertz CT molecular complexity index is 1130. The van der Waals surface area contributed by atoms with E-state index in [2.05, 4.69) is 10.6 Å². The lowest BCUT2D eigenvalue weighted by molar-refractivity contribution is -0.136. The largest absolute Gasteiger partial charge is 0.451 e. The van der Waals surface area contributed by atoms with Crippen molar-refractivity contribution in [3.8, 4) is 0 Å². The van der Waals surface area contributed by atoms with Crippen molar-refractivity contribution in [2.75, 3.05) is 25.0 Å². The standard InChI is InChI=1S/C25H27N3O4/c1-16-7-8-17(2)20(13-16)27-24(30)23(29)26-15-18-9-11-28(12-10-18)25(31)22-14-19-5-3-4-6-21(19)32-22/h3-8,13-14,18H,9-12,15H2,1-2H3,(H,26,29)(H,27,30). The van der Waals surface area contributed by atoms with Crippen LogP contribution in [0.3, 0.4) is 0 Å². The van der Waals surface area contributed by atoms with Gasteiger partial charge >= 0.3 is 11.8 Å². The van der Waals surface area contributed by atoms with Gasteiger partial charge in [0.1, 0.15) is 5.58 Å². The molecule has 4 rings (SSSR count). The molecule has 1 aromatic heterocycles. The van der Waals surface area contributed by atoms with E-state index in [0.717, 1.165) is 29.4 Å². The first-order valence-corrected chi connectivity index (χ1v) is 10.8. The third-order valence-corrected chi connectivity index (χ3v) is 5.94. The molecule has 1 aliphatic rings. The summed E-state index contributed by atoms with van der Waals surface area (Å²) in [5.41, 5.74) is 3.25. The smallest absolute Gasteiger partial charge is 0.313 e. The number of fused-ring (bicyclic) bond motifs is 1. The third kappa shape index (κ3) is 4.82. The summed E-state index contributed by atoms with van der Waals surface area (Å²) in [5.74, 6) is -0.868. The van der Waals surface area contributed by atoms with E-state index >= 15 is 0 Å². The topological polar surface area (TPSA) is 91.7 Å². The van der Waals surface area contributed by atoms with Crippen molar-refractivity contribution in [2.24, 2.45) is 5.92 Å². The third-order valence-electron chi connectivity index (χ3n) is 5.94. The van der Waals surface area contributed by atoms with E-state index in [1.807, 2.05) is 56.3 Å². The number of aryl methyl sites for hydroxylation is 2. The van der Waals surface area contributed by atoms with Crippen LogP contribution in [0.4, 0.5) is 5.69 Å². The maximum atomic E-state index is 12.8. The molecule has 0 atom stereocenters. The Morgan fingerprint density at radius 2 is 1.75 bits per heavy atom. The number of amides is 3. The number of piperidine rings is 1. The highest BCUT2D eigenvalue weighted by Gasteiger charge is 2.26. The molecule has 0 bridgehead atoms. The van der Waals surface area contributed by atoms with Crippen LogP contribution in [0.5, 0.6) is 0 Å². The van der Waals surface area contributed by atoms with Gasteiger partial charge < -0.3 is 20.0 Å². The van der Waals surface area contributed by atoms with Gasteiger partial charge in [-0.3, -0.25) is 14.4 Å². The number of nitrogens with zero attached hydrogens (tertiary/aromatic N) is 1. The minimum absolute atomic E-state index is 0.114. The molecule has 3 amide bonds. The predicted molar refractivity (Wildman–Crippen MR) is 122 cm³/mol. The second kappa shape index (κ2) is 9.26. The highest BCUT2D eigenvalue weighted by molar-refractivity contribution is 6.39. The van der Waals surface area contributed by atoms with E-state index in [4.69, 9.17) is 4.42 Å². The fourth-order valence-corrected chi connectivity index (χ4v) is 3.95. The van der Waals surface area contributed by atoms with Gasteiger partial charge in [0.2, 0.25) is 0 Å². The van der Waals surface area contributed by atoms with E-state index in [9.17, 15) is 14.4 Å². The number of hydrogen-bond acceptors (Lipinski definition) is 4. The van der Waals surface area contributed by atoms with Crippen LogP contribution in [0, 0.1) is 19.8 Å². The molecule has 3 aromatic rings. The molecule has 0 saturated carbocycles. The Morgan fingerprint density at radius 3 is 2.50 bits per heavy atom. The lowest BCUT2D eigenvalue weighted by Crippen LogP contribution is -2.43. The van der Waals surface area contributed by atoms with Crippen molar-refractivity contribution in [3.05, 3.63) is 65.4 Å². The number of carbonyl (C=O) groups is 3. The number of likely N-dealkylation sites (tertiary alicyclic amines) is 1. The fourth-order valence-electron chi connectivity index (χ4n) is 3.95. The first-order valence-electron chi connectivity index (χ1n) is 10.8. The van der Waals surface area contributed by atoms with Crippen LogP contribution < -0.4 is 10.6 Å². The van der Waals surface area contributed by atoms with E-state index in [1.165, 1.54) is 0 Å². The molecule has 7 nitrogen and oxygen atoms in total. The summed E-state index contributed by atoms with van der Waals surface area (Å²) in [5, 5.41) is 6.31. The molecule has 0 unspecified atom stereocenters. The normalized spacial score (nSPS) is 14.4. The molecule has 1 aliphatic heterocycles. The van der Waals surface area contributed by atoms with Gasteiger partial charge in [0.05, 0.1) is 0 Å². The van der Waals surface area contributed by atoms with E-state index in [1.54, 1.807) is 11.0 Å². The van der Waals surface area contributed by atoms with Gasteiger partial charge in [-0.2, -0.15) is 0 Å².